The molecule has 1 aromatic carbocycles. The summed E-state index contributed by atoms with van der Waals surface area (Å²) in [5.74, 6) is -1.19. The summed E-state index contributed by atoms with van der Waals surface area (Å²) in [5, 5.41) is 25.5. The maximum atomic E-state index is 13.2. The molecular formula is C23H37N3O6. The Hall–Kier alpha value is -2.81. The zero-order chi connectivity index (χ0) is 24.5. The van der Waals surface area contributed by atoms with E-state index >= 15 is 0 Å². The zero-order valence-electron chi connectivity index (χ0n) is 19.9. The first-order valence-corrected chi connectivity index (χ1v) is 10.9. The minimum atomic E-state index is -1.19. The van der Waals surface area contributed by atoms with Crippen LogP contribution in [-0.2, 0) is 14.3 Å². The van der Waals surface area contributed by atoms with Gasteiger partial charge in [0, 0.05) is 18.2 Å². The largest absolute Gasteiger partial charge is 0.507 e. The molecule has 2 unspecified atom stereocenters. The summed E-state index contributed by atoms with van der Waals surface area (Å²) in [4.78, 5) is 39.4. The number of carbonyl (C=O) groups is 3. The second-order valence-electron chi connectivity index (χ2n) is 8.78. The fourth-order valence-electron chi connectivity index (χ4n) is 3.25. The number of aryl methyl sites for hydroxylation is 1. The SMILES string of the molecule is CCCC(C)NC(=O)C(c1cccc(C)c1O)N(CCO)C(=O)CNC(=O)OC(C)(C)C. The molecule has 0 heterocycles. The number of hydrogen-bond donors (Lipinski definition) is 4. The molecule has 1 aromatic rings. The van der Waals surface area contributed by atoms with Gasteiger partial charge in [-0.2, -0.15) is 0 Å². The molecule has 0 radical (unpaired) electrons. The van der Waals surface area contributed by atoms with Gasteiger partial charge in [-0.3, -0.25) is 9.59 Å². The summed E-state index contributed by atoms with van der Waals surface area (Å²) < 4.78 is 5.15. The Morgan fingerprint density at radius 2 is 1.88 bits per heavy atom. The Bertz CT molecular complexity index is 790. The van der Waals surface area contributed by atoms with Crippen LogP contribution < -0.4 is 10.6 Å². The third-order valence-electron chi connectivity index (χ3n) is 4.68. The van der Waals surface area contributed by atoms with Gasteiger partial charge in [-0.1, -0.05) is 31.5 Å². The molecule has 0 aliphatic heterocycles. The molecule has 0 bridgehead atoms. The van der Waals surface area contributed by atoms with E-state index < -0.39 is 42.7 Å². The van der Waals surface area contributed by atoms with Crippen molar-refractivity contribution in [1.82, 2.24) is 15.5 Å². The van der Waals surface area contributed by atoms with Crippen LogP contribution >= 0.6 is 0 Å². The highest BCUT2D eigenvalue weighted by Gasteiger charge is 2.34. The number of phenolic OH excluding ortho intramolecular Hbond substituents is 1. The number of para-hydroxylation sites is 1. The van der Waals surface area contributed by atoms with Crippen LogP contribution in [-0.4, -0.2) is 64.4 Å². The summed E-state index contributed by atoms with van der Waals surface area (Å²) >= 11 is 0. The Labute approximate surface area is 190 Å². The summed E-state index contributed by atoms with van der Waals surface area (Å²) in [6.45, 7) is 9.64. The molecule has 4 N–H and O–H groups in total. The third-order valence-corrected chi connectivity index (χ3v) is 4.68. The van der Waals surface area contributed by atoms with Gasteiger partial charge in [-0.25, -0.2) is 4.79 Å². The molecule has 32 heavy (non-hydrogen) atoms. The van der Waals surface area contributed by atoms with Crippen LogP contribution in [0, 0.1) is 6.92 Å². The minimum absolute atomic E-state index is 0.105. The van der Waals surface area contributed by atoms with Crippen molar-refractivity contribution in [3.05, 3.63) is 29.3 Å². The number of alkyl carbamates (subject to hydrolysis) is 1. The highest BCUT2D eigenvalue weighted by molar-refractivity contribution is 5.91. The van der Waals surface area contributed by atoms with E-state index in [9.17, 15) is 24.6 Å². The van der Waals surface area contributed by atoms with Crippen molar-refractivity contribution in [3.63, 3.8) is 0 Å². The van der Waals surface area contributed by atoms with Crippen molar-refractivity contribution in [2.75, 3.05) is 19.7 Å². The van der Waals surface area contributed by atoms with Gasteiger partial charge in [-0.05, 0) is 46.6 Å². The molecule has 1 rings (SSSR count). The number of hydrogen-bond acceptors (Lipinski definition) is 6. The lowest BCUT2D eigenvalue weighted by atomic mass is 9.99. The molecule has 0 saturated heterocycles. The summed E-state index contributed by atoms with van der Waals surface area (Å²) in [6, 6.07) is 3.61. The Kier molecular flexibility index (Phi) is 10.5. The van der Waals surface area contributed by atoms with E-state index in [-0.39, 0.29) is 23.9 Å². The van der Waals surface area contributed by atoms with E-state index in [1.165, 1.54) is 0 Å². The van der Waals surface area contributed by atoms with Crippen molar-refractivity contribution in [2.45, 2.75) is 72.1 Å². The molecule has 0 saturated carbocycles. The first kappa shape index (κ1) is 27.2. The van der Waals surface area contributed by atoms with Crippen LogP contribution in [0.15, 0.2) is 18.2 Å². The smallest absolute Gasteiger partial charge is 0.408 e. The predicted octanol–water partition coefficient (Wildman–Crippen LogP) is 2.39. The fraction of sp³-hybridized carbons (Fsp3) is 0.609. The number of nitrogens with zero attached hydrogens (tertiary/aromatic N) is 1. The van der Waals surface area contributed by atoms with Gasteiger partial charge in [0.15, 0.2) is 0 Å². The number of ether oxygens (including phenoxy) is 1. The average molecular weight is 452 g/mol. The number of aliphatic hydroxyl groups excluding tert-OH is 1. The number of nitrogens with one attached hydrogen (secondary N) is 2. The number of carbonyl (C=O) groups excluding carboxylic acids is 3. The molecule has 0 fully saturated rings. The zero-order valence-corrected chi connectivity index (χ0v) is 19.9. The number of benzene rings is 1. The number of aliphatic hydroxyl groups is 1. The number of phenols is 1. The van der Waals surface area contributed by atoms with Gasteiger partial charge in [0.2, 0.25) is 11.8 Å². The second kappa shape index (κ2) is 12.3. The predicted molar refractivity (Wildman–Crippen MR) is 121 cm³/mol. The Morgan fingerprint density at radius 3 is 2.44 bits per heavy atom. The lowest BCUT2D eigenvalue weighted by molar-refractivity contribution is -0.141. The molecule has 0 aliphatic carbocycles. The summed E-state index contributed by atoms with van der Waals surface area (Å²) in [6.07, 6.45) is 0.832. The van der Waals surface area contributed by atoms with Gasteiger partial charge in [0.25, 0.3) is 0 Å². The van der Waals surface area contributed by atoms with Crippen LogP contribution in [0.25, 0.3) is 0 Å². The molecule has 180 valence electrons. The maximum absolute atomic E-state index is 13.2. The van der Waals surface area contributed by atoms with Gasteiger partial charge in [-0.15, -0.1) is 0 Å². The molecule has 9 nitrogen and oxygen atoms in total. The number of aromatic hydroxyl groups is 1. The molecule has 0 aromatic heterocycles. The number of rotatable bonds is 10. The van der Waals surface area contributed by atoms with Crippen molar-refractivity contribution in [1.29, 1.82) is 0 Å². The van der Waals surface area contributed by atoms with Crippen molar-refractivity contribution in [2.24, 2.45) is 0 Å². The van der Waals surface area contributed by atoms with Gasteiger partial charge >= 0.3 is 6.09 Å². The highest BCUT2D eigenvalue weighted by atomic mass is 16.6. The first-order valence-electron chi connectivity index (χ1n) is 10.9. The van der Waals surface area contributed by atoms with E-state index in [2.05, 4.69) is 10.6 Å². The van der Waals surface area contributed by atoms with Gasteiger partial charge < -0.3 is 30.5 Å². The lowest BCUT2D eigenvalue weighted by Gasteiger charge is -2.32. The van der Waals surface area contributed by atoms with Crippen LogP contribution in [0.1, 0.15) is 64.6 Å². The monoisotopic (exact) mass is 451 g/mol. The summed E-state index contributed by atoms with van der Waals surface area (Å²) in [5.41, 5.74) is 0.0544. The number of amides is 3. The van der Waals surface area contributed by atoms with Crippen molar-refractivity contribution >= 4 is 17.9 Å². The lowest BCUT2D eigenvalue weighted by Crippen LogP contribution is -2.50. The van der Waals surface area contributed by atoms with Crippen LogP contribution in [0.5, 0.6) is 5.75 Å². The van der Waals surface area contributed by atoms with E-state index in [0.717, 1.165) is 17.7 Å². The van der Waals surface area contributed by atoms with Crippen LogP contribution in [0.4, 0.5) is 4.79 Å². The van der Waals surface area contributed by atoms with E-state index in [0.29, 0.717) is 5.56 Å². The third kappa shape index (κ3) is 8.37. The second-order valence-corrected chi connectivity index (χ2v) is 8.78. The highest BCUT2D eigenvalue weighted by Crippen LogP contribution is 2.32. The molecular weight excluding hydrogens is 414 g/mol. The van der Waals surface area contributed by atoms with Crippen molar-refractivity contribution < 1.29 is 29.3 Å². The van der Waals surface area contributed by atoms with E-state index in [1.807, 2.05) is 13.8 Å². The van der Waals surface area contributed by atoms with E-state index in [4.69, 9.17) is 4.74 Å². The Morgan fingerprint density at radius 1 is 1.22 bits per heavy atom. The first-order chi connectivity index (χ1) is 14.9. The topological polar surface area (TPSA) is 128 Å². The Balaban J connectivity index is 3.23. The normalized spacial score (nSPS) is 13.1. The molecule has 2 atom stereocenters. The van der Waals surface area contributed by atoms with Gasteiger partial charge in [0.1, 0.15) is 23.9 Å². The molecule has 0 aliphatic rings. The molecule has 9 heteroatoms. The maximum Gasteiger partial charge on any atom is 0.408 e. The quantitative estimate of drug-likeness (QED) is 0.432. The molecule has 3 amide bonds. The standard InChI is InChI=1S/C23H37N3O6/c1-7-9-16(3)25-21(30)19(17-11-8-10-15(2)20(17)29)26(12-13-27)18(28)14-24-22(31)32-23(4,5)6/h8,10-11,16,19,27,29H,7,9,12-14H2,1-6H3,(H,24,31)(H,25,30). The molecule has 0 spiro atoms. The van der Waals surface area contributed by atoms with Crippen LogP contribution in [0.2, 0.25) is 0 Å². The minimum Gasteiger partial charge on any atom is -0.507 e. The van der Waals surface area contributed by atoms with E-state index in [1.54, 1.807) is 45.9 Å². The summed E-state index contributed by atoms with van der Waals surface area (Å²) in [7, 11) is 0. The fourth-order valence-corrected chi connectivity index (χ4v) is 3.25. The van der Waals surface area contributed by atoms with Crippen LogP contribution in [0.3, 0.4) is 0 Å². The average Bonchev–Trinajstić information content (AvgIpc) is 2.67. The van der Waals surface area contributed by atoms with Crippen molar-refractivity contribution in [3.8, 4) is 5.75 Å². The van der Waals surface area contributed by atoms with Gasteiger partial charge in [0.05, 0.1) is 6.61 Å².